The highest BCUT2D eigenvalue weighted by atomic mass is 19.4. The van der Waals surface area contributed by atoms with E-state index in [1.54, 1.807) is 20.2 Å². The third-order valence-corrected chi connectivity index (χ3v) is 5.81. The predicted octanol–water partition coefficient (Wildman–Crippen LogP) is 2.86. The lowest BCUT2D eigenvalue weighted by atomic mass is 10.0. The summed E-state index contributed by atoms with van der Waals surface area (Å²) >= 11 is 0. The van der Waals surface area contributed by atoms with Gasteiger partial charge in [0.05, 0.1) is 23.5 Å². The van der Waals surface area contributed by atoms with Gasteiger partial charge in [-0.3, -0.25) is 19.3 Å². The summed E-state index contributed by atoms with van der Waals surface area (Å²) in [6.07, 6.45) is -1.50. The zero-order valence-electron chi connectivity index (χ0n) is 18.2. The molecule has 0 spiro atoms. The van der Waals surface area contributed by atoms with E-state index in [2.05, 4.69) is 31.4 Å². The summed E-state index contributed by atoms with van der Waals surface area (Å²) in [6, 6.07) is 3.74. The number of amides is 1. The first kappa shape index (κ1) is 21.6. The Hall–Kier alpha value is -4.21. The number of H-pyrrole nitrogens is 1. The molecule has 0 aromatic carbocycles. The van der Waals surface area contributed by atoms with Gasteiger partial charge >= 0.3 is 6.18 Å². The van der Waals surface area contributed by atoms with Crippen molar-refractivity contribution in [3.05, 3.63) is 35.5 Å². The SMILES string of the molecule is CN1Cc2nn(C)c(C#N)c2-c2cnc3n[nH]c(c3c2)-c2cn(nc2C(F)(F)F)CCCC1=O. The van der Waals surface area contributed by atoms with Crippen molar-refractivity contribution in [2.24, 2.45) is 7.05 Å². The zero-order valence-corrected chi connectivity index (χ0v) is 18.2. The van der Waals surface area contributed by atoms with E-state index < -0.39 is 11.9 Å². The highest BCUT2D eigenvalue weighted by Gasteiger charge is 2.38. The monoisotopic (exact) mass is 469 g/mol. The molecule has 4 bridgehead atoms. The number of nitrogens with one attached hydrogen (secondary N) is 1. The lowest BCUT2D eigenvalue weighted by Gasteiger charge is -2.17. The minimum absolute atomic E-state index is 0.115. The largest absolute Gasteiger partial charge is 0.435 e. The van der Waals surface area contributed by atoms with Crippen molar-refractivity contribution in [1.29, 1.82) is 5.26 Å². The number of pyridine rings is 1. The first-order valence-electron chi connectivity index (χ1n) is 10.4. The summed E-state index contributed by atoms with van der Waals surface area (Å²) in [4.78, 5) is 18.5. The highest BCUT2D eigenvalue weighted by molar-refractivity contribution is 5.94. The fraction of sp³-hybridized carbons (Fsp3) is 0.333. The Balaban J connectivity index is 1.79. The van der Waals surface area contributed by atoms with Crippen molar-refractivity contribution >= 4 is 16.9 Å². The number of nitriles is 1. The van der Waals surface area contributed by atoms with E-state index in [0.717, 1.165) is 0 Å². The van der Waals surface area contributed by atoms with E-state index in [1.165, 1.54) is 26.7 Å². The van der Waals surface area contributed by atoms with Gasteiger partial charge in [-0.1, -0.05) is 0 Å². The first-order chi connectivity index (χ1) is 16.2. The number of hydrogen-bond acceptors (Lipinski definition) is 6. The Labute approximate surface area is 190 Å². The Morgan fingerprint density at radius 1 is 1.24 bits per heavy atom. The van der Waals surface area contributed by atoms with Crippen molar-refractivity contribution in [3.63, 3.8) is 0 Å². The van der Waals surface area contributed by atoms with Crippen LogP contribution in [0.15, 0.2) is 18.5 Å². The lowest BCUT2D eigenvalue weighted by Crippen LogP contribution is -2.26. The summed E-state index contributed by atoms with van der Waals surface area (Å²) in [5, 5.41) is 25.0. The van der Waals surface area contributed by atoms with Gasteiger partial charge in [0.1, 0.15) is 11.8 Å². The molecule has 1 N–H and O–H groups in total. The predicted molar refractivity (Wildman–Crippen MR) is 113 cm³/mol. The molecule has 13 heteroatoms. The average molecular weight is 469 g/mol. The molecule has 174 valence electrons. The molecule has 1 aliphatic heterocycles. The number of carbonyl (C=O) groups is 1. The summed E-state index contributed by atoms with van der Waals surface area (Å²) in [7, 11) is 3.24. The third-order valence-electron chi connectivity index (χ3n) is 5.81. The highest BCUT2D eigenvalue weighted by Crippen LogP contribution is 2.39. The van der Waals surface area contributed by atoms with E-state index in [9.17, 15) is 23.2 Å². The molecule has 4 aromatic heterocycles. The molecule has 0 saturated heterocycles. The summed E-state index contributed by atoms with van der Waals surface area (Å²) < 4.78 is 44.1. The molecular weight excluding hydrogens is 451 g/mol. The standard InChI is InChI=1S/C21H18F3N9O/c1-31-10-14-17(15(7-25)32(2)29-14)11-6-12-18(27-28-20(12)26-8-11)13-9-33(5-3-4-16(31)34)30-19(13)21(22,23)24/h6,8-9H,3-5,10H2,1-2H3,(H,26,27,28). The Kier molecular flexibility index (Phi) is 4.89. The van der Waals surface area contributed by atoms with Gasteiger partial charge in [-0.05, 0) is 12.5 Å². The fourth-order valence-electron chi connectivity index (χ4n) is 4.19. The molecule has 0 atom stereocenters. The molecule has 10 nitrogen and oxygen atoms in total. The van der Waals surface area contributed by atoms with Crippen molar-refractivity contribution in [1.82, 2.24) is 39.6 Å². The number of aromatic nitrogens is 7. The fourth-order valence-corrected chi connectivity index (χ4v) is 4.19. The van der Waals surface area contributed by atoms with Crippen LogP contribution in [-0.2, 0) is 31.1 Å². The Bertz CT molecular complexity index is 1470. The summed E-state index contributed by atoms with van der Waals surface area (Å²) in [5.74, 6) is -0.198. The van der Waals surface area contributed by atoms with Crippen LogP contribution in [0.4, 0.5) is 13.2 Å². The molecule has 0 saturated carbocycles. The van der Waals surface area contributed by atoms with Crippen molar-refractivity contribution in [2.45, 2.75) is 32.1 Å². The van der Waals surface area contributed by atoms with Crippen molar-refractivity contribution in [2.75, 3.05) is 7.05 Å². The van der Waals surface area contributed by atoms with E-state index >= 15 is 0 Å². The Morgan fingerprint density at radius 3 is 2.76 bits per heavy atom. The van der Waals surface area contributed by atoms with Gasteiger partial charge in [-0.15, -0.1) is 0 Å². The molecular formula is C21H18F3N9O. The van der Waals surface area contributed by atoms with Crippen LogP contribution in [0.2, 0.25) is 0 Å². The van der Waals surface area contributed by atoms with E-state index in [0.29, 0.717) is 28.6 Å². The number of carbonyl (C=O) groups excluding carboxylic acids is 1. The van der Waals surface area contributed by atoms with Crippen LogP contribution >= 0.6 is 0 Å². The van der Waals surface area contributed by atoms with Crippen molar-refractivity contribution < 1.29 is 18.0 Å². The lowest BCUT2D eigenvalue weighted by molar-refractivity contribution is -0.141. The van der Waals surface area contributed by atoms with Gasteiger partial charge in [0, 0.05) is 56.0 Å². The number of aryl methyl sites for hydroxylation is 2. The second-order valence-corrected chi connectivity index (χ2v) is 8.11. The summed E-state index contributed by atoms with van der Waals surface area (Å²) in [6.45, 7) is 0.287. The quantitative estimate of drug-likeness (QED) is 0.423. The van der Waals surface area contributed by atoms with Crippen LogP contribution in [0.5, 0.6) is 0 Å². The molecule has 1 aliphatic rings. The average Bonchev–Trinajstić information content (AvgIpc) is 3.46. The number of nitrogens with zero attached hydrogens (tertiary/aromatic N) is 8. The van der Waals surface area contributed by atoms with E-state index in [4.69, 9.17) is 0 Å². The molecule has 34 heavy (non-hydrogen) atoms. The molecule has 0 fully saturated rings. The number of rotatable bonds is 0. The number of halogens is 3. The first-order valence-corrected chi connectivity index (χ1v) is 10.4. The molecule has 5 rings (SSSR count). The second kappa shape index (κ2) is 7.68. The van der Waals surface area contributed by atoms with Crippen LogP contribution < -0.4 is 0 Å². The van der Waals surface area contributed by atoms with Gasteiger partial charge in [-0.2, -0.15) is 33.7 Å². The van der Waals surface area contributed by atoms with Crippen LogP contribution in [0.3, 0.4) is 0 Å². The topological polar surface area (TPSA) is 121 Å². The molecule has 5 heterocycles. The molecule has 4 aromatic rings. The Morgan fingerprint density at radius 2 is 2.03 bits per heavy atom. The third kappa shape index (κ3) is 3.47. The minimum Gasteiger partial charge on any atom is -0.340 e. The number of aromatic amines is 1. The molecule has 0 radical (unpaired) electrons. The minimum atomic E-state index is -4.70. The number of fused-ring (bicyclic) bond motifs is 6. The molecule has 1 amide bonds. The van der Waals surface area contributed by atoms with Crippen LogP contribution in [0.1, 0.15) is 29.9 Å². The van der Waals surface area contributed by atoms with Gasteiger partial charge in [0.15, 0.2) is 11.3 Å². The zero-order chi connectivity index (χ0) is 24.2. The van der Waals surface area contributed by atoms with Crippen LogP contribution in [0, 0.1) is 11.3 Å². The van der Waals surface area contributed by atoms with Crippen LogP contribution in [0.25, 0.3) is 33.4 Å². The van der Waals surface area contributed by atoms with Gasteiger partial charge < -0.3 is 4.90 Å². The van der Waals surface area contributed by atoms with Crippen molar-refractivity contribution in [3.8, 4) is 28.5 Å². The normalized spacial score (nSPS) is 14.7. The maximum absolute atomic E-state index is 13.8. The second-order valence-electron chi connectivity index (χ2n) is 8.11. The van der Waals surface area contributed by atoms with Crippen LogP contribution in [-0.4, -0.2) is 52.6 Å². The van der Waals surface area contributed by atoms with Gasteiger partial charge in [-0.25, -0.2) is 4.98 Å². The maximum Gasteiger partial charge on any atom is 0.435 e. The van der Waals surface area contributed by atoms with E-state index in [1.807, 2.05) is 0 Å². The molecule has 0 unspecified atom stereocenters. The number of alkyl halides is 3. The number of hydrogen-bond donors (Lipinski definition) is 1. The molecule has 0 aliphatic carbocycles. The van der Waals surface area contributed by atoms with Gasteiger partial charge in [0.25, 0.3) is 0 Å². The maximum atomic E-state index is 13.8. The smallest absolute Gasteiger partial charge is 0.340 e. The van der Waals surface area contributed by atoms with Gasteiger partial charge in [0.2, 0.25) is 5.91 Å². The summed E-state index contributed by atoms with van der Waals surface area (Å²) in [5.41, 5.74) is 0.792. The van der Waals surface area contributed by atoms with E-state index in [-0.39, 0.29) is 48.0 Å².